The molecule has 0 aliphatic rings. The summed E-state index contributed by atoms with van der Waals surface area (Å²) in [5, 5.41) is 14.7. The molecule has 88 valence electrons. The number of halogens is 2. The number of thiocarbonyl (C=S) groups is 1. The molecule has 1 aromatic carbocycles. The first-order chi connectivity index (χ1) is 7.63. The van der Waals surface area contributed by atoms with Crippen LogP contribution < -0.4 is 10.6 Å². The molecule has 0 saturated heterocycles. The molecule has 1 aromatic rings. The van der Waals surface area contributed by atoms with Gasteiger partial charge in [0, 0.05) is 17.6 Å². The van der Waals surface area contributed by atoms with Crippen LogP contribution in [0, 0.1) is 5.82 Å². The van der Waals surface area contributed by atoms with Gasteiger partial charge in [-0.15, -0.1) is 0 Å². The van der Waals surface area contributed by atoms with E-state index in [9.17, 15) is 4.39 Å². The molecule has 0 heterocycles. The highest BCUT2D eigenvalue weighted by atomic mass is 79.9. The van der Waals surface area contributed by atoms with E-state index in [0.717, 1.165) is 10.0 Å². The maximum Gasteiger partial charge on any atom is 0.166 e. The van der Waals surface area contributed by atoms with Crippen molar-refractivity contribution in [1.29, 1.82) is 0 Å². The van der Waals surface area contributed by atoms with Gasteiger partial charge in [0.1, 0.15) is 5.82 Å². The maximum absolute atomic E-state index is 12.9. The van der Waals surface area contributed by atoms with Gasteiger partial charge in [0.05, 0.1) is 6.61 Å². The lowest BCUT2D eigenvalue weighted by Crippen LogP contribution is -2.36. The second-order valence-corrected chi connectivity index (χ2v) is 4.33. The Hall–Kier alpha value is -0.720. The Labute approximate surface area is 107 Å². The molecule has 16 heavy (non-hydrogen) atoms. The molecule has 0 aliphatic heterocycles. The minimum atomic E-state index is -0.283. The molecule has 0 aromatic heterocycles. The third-order valence-electron chi connectivity index (χ3n) is 1.84. The normalized spacial score (nSPS) is 9.94. The Kier molecular flexibility index (Phi) is 5.65. The Bertz CT molecular complexity index is 376. The van der Waals surface area contributed by atoms with Crippen LogP contribution in [0.5, 0.6) is 0 Å². The topological polar surface area (TPSA) is 44.3 Å². The second-order valence-electron chi connectivity index (χ2n) is 3.07. The van der Waals surface area contributed by atoms with E-state index in [4.69, 9.17) is 17.3 Å². The first-order valence-corrected chi connectivity index (χ1v) is 5.90. The van der Waals surface area contributed by atoms with E-state index < -0.39 is 0 Å². The molecule has 0 unspecified atom stereocenters. The summed E-state index contributed by atoms with van der Waals surface area (Å²) < 4.78 is 13.8. The number of aliphatic hydroxyl groups is 1. The lowest BCUT2D eigenvalue weighted by Gasteiger charge is -2.10. The quantitative estimate of drug-likeness (QED) is 0.739. The molecule has 0 saturated carbocycles. The lowest BCUT2D eigenvalue weighted by molar-refractivity contribution is 0.300. The molecule has 6 heteroatoms. The monoisotopic (exact) mass is 306 g/mol. The third kappa shape index (κ3) is 4.42. The standard InChI is InChI=1S/C10H12BrFN2OS/c11-9-2-1-8(12)5-7(9)6-14-10(16)13-3-4-15/h1-2,5,15H,3-4,6H2,(H2,13,14,16). The molecule has 0 amide bonds. The Morgan fingerprint density at radius 1 is 1.44 bits per heavy atom. The van der Waals surface area contributed by atoms with Crippen molar-refractivity contribution in [3.8, 4) is 0 Å². The van der Waals surface area contributed by atoms with Crippen LogP contribution in [0.2, 0.25) is 0 Å². The average Bonchev–Trinajstić information content (AvgIpc) is 2.27. The van der Waals surface area contributed by atoms with Crippen LogP contribution in [-0.4, -0.2) is 23.4 Å². The van der Waals surface area contributed by atoms with Gasteiger partial charge in [-0.1, -0.05) is 15.9 Å². The van der Waals surface area contributed by atoms with E-state index in [1.54, 1.807) is 6.07 Å². The molecule has 0 radical (unpaired) electrons. The molecule has 3 N–H and O–H groups in total. The fourth-order valence-corrected chi connectivity index (χ4v) is 1.65. The Morgan fingerprint density at radius 2 is 2.19 bits per heavy atom. The maximum atomic E-state index is 12.9. The molecule has 1 rings (SSSR count). The smallest absolute Gasteiger partial charge is 0.166 e. The Morgan fingerprint density at radius 3 is 2.88 bits per heavy atom. The minimum absolute atomic E-state index is 0.0193. The summed E-state index contributed by atoms with van der Waals surface area (Å²) in [6.45, 7) is 0.844. The highest BCUT2D eigenvalue weighted by molar-refractivity contribution is 9.10. The van der Waals surface area contributed by atoms with Crippen molar-refractivity contribution >= 4 is 33.3 Å². The zero-order chi connectivity index (χ0) is 12.0. The number of benzene rings is 1. The SMILES string of the molecule is OCCNC(=S)NCc1cc(F)ccc1Br. The van der Waals surface area contributed by atoms with Crippen LogP contribution in [0.1, 0.15) is 5.56 Å². The minimum Gasteiger partial charge on any atom is -0.395 e. The van der Waals surface area contributed by atoms with Gasteiger partial charge in [0.25, 0.3) is 0 Å². The molecule has 0 aliphatic carbocycles. The van der Waals surface area contributed by atoms with Gasteiger partial charge in [-0.25, -0.2) is 4.39 Å². The number of hydrogen-bond donors (Lipinski definition) is 3. The molecular weight excluding hydrogens is 295 g/mol. The third-order valence-corrected chi connectivity index (χ3v) is 2.91. The highest BCUT2D eigenvalue weighted by Gasteiger charge is 2.02. The van der Waals surface area contributed by atoms with Gasteiger partial charge in [-0.3, -0.25) is 0 Å². The molecule has 0 atom stereocenters. The van der Waals surface area contributed by atoms with E-state index in [2.05, 4.69) is 26.6 Å². The summed E-state index contributed by atoms with van der Waals surface area (Å²) >= 11 is 8.28. The Balaban J connectivity index is 2.47. The summed E-state index contributed by atoms with van der Waals surface area (Å²) in [4.78, 5) is 0. The second kappa shape index (κ2) is 6.78. The zero-order valence-corrected chi connectivity index (χ0v) is 10.9. The zero-order valence-electron chi connectivity index (χ0n) is 8.46. The van der Waals surface area contributed by atoms with Gasteiger partial charge >= 0.3 is 0 Å². The largest absolute Gasteiger partial charge is 0.395 e. The number of hydrogen-bond acceptors (Lipinski definition) is 2. The van der Waals surface area contributed by atoms with Crippen molar-refractivity contribution < 1.29 is 9.50 Å². The van der Waals surface area contributed by atoms with Crippen LogP contribution in [0.15, 0.2) is 22.7 Å². The van der Waals surface area contributed by atoms with Crippen molar-refractivity contribution in [2.45, 2.75) is 6.54 Å². The van der Waals surface area contributed by atoms with Crippen molar-refractivity contribution in [2.75, 3.05) is 13.2 Å². The average molecular weight is 307 g/mol. The van der Waals surface area contributed by atoms with Crippen molar-refractivity contribution in [3.05, 3.63) is 34.1 Å². The molecule has 3 nitrogen and oxygen atoms in total. The van der Waals surface area contributed by atoms with Crippen LogP contribution in [0.3, 0.4) is 0 Å². The summed E-state index contributed by atoms with van der Waals surface area (Å²) in [5.74, 6) is -0.283. The van der Waals surface area contributed by atoms with Gasteiger partial charge < -0.3 is 15.7 Å². The van der Waals surface area contributed by atoms with Crippen LogP contribution >= 0.6 is 28.1 Å². The van der Waals surface area contributed by atoms with Crippen molar-refractivity contribution in [3.63, 3.8) is 0 Å². The first kappa shape index (κ1) is 13.3. The predicted molar refractivity (Wildman–Crippen MR) is 68.6 cm³/mol. The summed E-state index contributed by atoms with van der Waals surface area (Å²) in [6, 6.07) is 4.47. The summed E-state index contributed by atoms with van der Waals surface area (Å²) in [5.41, 5.74) is 0.785. The fourth-order valence-electron chi connectivity index (χ4n) is 1.09. The molecular formula is C10H12BrFN2OS. The highest BCUT2D eigenvalue weighted by Crippen LogP contribution is 2.17. The van der Waals surface area contributed by atoms with E-state index in [1.165, 1.54) is 12.1 Å². The van der Waals surface area contributed by atoms with Gasteiger partial charge in [-0.05, 0) is 36.0 Å². The van der Waals surface area contributed by atoms with Crippen molar-refractivity contribution in [2.24, 2.45) is 0 Å². The molecule has 0 fully saturated rings. The van der Waals surface area contributed by atoms with Gasteiger partial charge in [-0.2, -0.15) is 0 Å². The van der Waals surface area contributed by atoms with E-state index in [-0.39, 0.29) is 12.4 Å². The van der Waals surface area contributed by atoms with E-state index in [1.807, 2.05) is 0 Å². The van der Waals surface area contributed by atoms with E-state index >= 15 is 0 Å². The number of aliphatic hydroxyl groups excluding tert-OH is 1. The van der Waals surface area contributed by atoms with Crippen molar-refractivity contribution in [1.82, 2.24) is 10.6 Å². The fraction of sp³-hybridized carbons (Fsp3) is 0.300. The molecule has 0 spiro atoms. The lowest BCUT2D eigenvalue weighted by atomic mass is 10.2. The van der Waals surface area contributed by atoms with Crippen LogP contribution in [-0.2, 0) is 6.54 Å². The van der Waals surface area contributed by atoms with Gasteiger partial charge in [0.15, 0.2) is 5.11 Å². The van der Waals surface area contributed by atoms with Crippen LogP contribution in [0.4, 0.5) is 4.39 Å². The predicted octanol–water partition coefficient (Wildman–Crippen LogP) is 1.54. The van der Waals surface area contributed by atoms with Crippen LogP contribution in [0.25, 0.3) is 0 Å². The summed E-state index contributed by atoms with van der Waals surface area (Å²) in [6.07, 6.45) is 0. The molecule has 0 bridgehead atoms. The van der Waals surface area contributed by atoms with E-state index in [0.29, 0.717) is 18.2 Å². The first-order valence-electron chi connectivity index (χ1n) is 4.70. The number of rotatable bonds is 4. The summed E-state index contributed by atoms with van der Waals surface area (Å²) in [7, 11) is 0. The van der Waals surface area contributed by atoms with Gasteiger partial charge in [0.2, 0.25) is 0 Å². The number of nitrogens with one attached hydrogen (secondary N) is 2.